The van der Waals surface area contributed by atoms with Gasteiger partial charge in [0.25, 0.3) is 5.91 Å². The molecule has 1 aromatic heterocycles. The van der Waals surface area contributed by atoms with Crippen LogP contribution in [0.25, 0.3) is 0 Å². The molecule has 4 nitrogen and oxygen atoms in total. The molecule has 2 N–H and O–H groups in total. The van der Waals surface area contributed by atoms with Gasteiger partial charge in [-0.2, -0.15) is 0 Å². The highest BCUT2D eigenvalue weighted by molar-refractivity contribution is 6.04. The number of rotatable bonds is 6. The molecule has 27 heavy (non-hydrogen) atoms. The average molecular weight is 363 g/mol. The normalized spacial score (nSPS) is 10.7. The van der Waals surface area contributed by atoms with Crippen LogP contribution in [0.15, 0.2) is 66.9 Å². The molecule has 2 aromatic carbocycles. The van der Waals surface area contributed by atoms with Gasteiger partial charge in [-0.05, 0) is 41.8 Å². The Labute approximate surface area is 158 Å². The number of nitrogens with one attached hydrogen (secondary N) is 2. The fourth-order valence-electron chi connectivity index (χ4n) is 2.65. The van der Waals surface area contributed by atoms with E-state index in [0.29, 0.717) is 29.4 Å². The van der Waals surface area contributed by atoms with Crippen LogP contribution in [-0.4, -0.2) is 10.9 Å². The molecule has 0 bridgehead atoms. The van der Waals surface area contributed by atoms with Gasteiger partial charge < -0.3 is 10.6 Å². The van der Waals surface area contributed by atoms with Gasteiger partial charge in [0.05, 0.1) is 0 Å². The predicted octanol–water partition coefficient (Wildman–Crippen LogP) is 5.21. The van der Waals surface area contributed by atoms with E-state index >= 15 is 0 Å². The highest BCUT2D eigenvalue weighted by Crippen LogP contribution is 2.18. The van der Waals surface area contributed by atoms with Crippen LogP contribution in [0, 0.1) is 5.82 Å². The summed E-state index contributed by atoms with van der Waals surface area (Å²) in [5, 5.41) is 5.93. The Morgan fingerprint density at radius 1 is 1.07 bits per heavy atom. The maximum atomic E-state index is 13.7. The fraction of sp³-hybridized carbons (Fsp3) is 0.182. The van der Waals surface area contributed by atoms with E-state index in [-0.39, 0.29) is 11.7 Å². The number of pyridine rings is 1. The van der Waals surface area contributed by atoms with Crippen LogP contribution in [0.2, 0.25) is 0 Å². The molecule has 0 radical (unpaired) electrons. The molecular formula is C22H22FN3O. The highest BCUT2D eigenvalue weighted by atomic mass is 19.1. The lowest BCUT2D eigenvalue weighted by Gasteiger charge is -2.10. The van der Waals surface area contributed by atoms with Crippen molar-refractivity contribution in [3.63, 3.8) is 0 Å². The molecule has 0 aliphatic heterocycles. The average Bonchev–Trinajstić information content (AvgIpc) is 2.68. The lowest BCUT2D eigenvalue weighted by Crippen LogP contribution is -2.13. The van der Waals surface area contributed by atoms with Gasteiger partial charge in [0.15, 0.2) is 0 Å². The SMILES string of the molecule is CC(C)c1ccc(NC(=O)c2ccnc(NCc3ccccc3F)c2)cc1. The third-order valence-corrected chi connectivity index (χ3v) is 4.28. The zero-order valence-corrected chi connectivity index (χ0v) is 15.4. The van der Waals surface area contributed by atoms with Crippen molar-refractivity contribution in [3.8, 4) is 0 Å². The van der Waals surface area contributed by atoms with Gasteiger partial charge in [-0.3, -0.25) is 4.79 Å². The second-order valence-corrected chi connectivity index (χ2v) is 6.61. The van der Waals surface area contributed by atoms with Crippen molar-refractivity contribution in [2.45, 2.75) is 26.3 Å². The van der Waals surface area contributed by atoms with E-state index in [4.69, 9.17) is 0 Å². The Hall–Kier alpha value is -3.21. The van der Waals surface area contributed by atoms with Crippen molar-refractivity contribution in [2.75, 3.05) is 10.6 Å². The molecule has 3 aromatic rings. The van der Waals surface area contributed by atoms with Gasteiger partial charge in [0.1, 0.15) is 11.6 Å². The number of carbonyl (C=O) groups is 1. The summed E-state index contributed by atoms with van der Waals surface area (Å²) in [6.07, 6.45) is 1.56. The lowest BCUT2D eigenvalue weighted by atomic mass is 10.0. The minimum absolute atomic E-state index is 0.219. The Morgan fingerprint density at radius 2 is 1.81 bits per heavy atom. The summed E-state index contributed by atoms with van der Waals surface area (Å²) < 4.78 is 13.7. The smallest absolute Gasteiger partial charge is 0.255 e. The third-order valence-electron chi connectivity index (χ3n) is 4.28. The molecule has 0 saturated carbocycles. The molecule has 138 valence electrons. The Bertz CT molecular complexity index is 923. The van der Waals surface area contributed by atoms with E-state index in [1.54, 1.807) is 36.5 Å². The lowest BCUT2D eigenvalue weighted by molar-refractivity contribution is 0.102. The first kappa shape index (κ1) is 18.6. The first-order valence-electron chi connectivity index (χ1n) is 8.87. The first-order valence-corrected chi connectivity index (χ1v) is 8.87. The quantitative estimate of drug-likeness (QED) is 0.632. The summed E-state index contributed by atoms with van der Waals surface area (Å²) >= 11 is 0. The third kappa shape index (κ3) is 4.91. The van der Waals surface area contributed by atoms with Crippen molar-refractivity contribution >= 4 is 17.4 Å². The maximum absolute atomic E-state index is 13.7. The van der Waals surface area contributed by atoms with E-state index in [9.17, 15) is 9.18 Å². The van der Waals surface area contributed by atoms with E-state index in [2.05, 4.69) is 29.5 Å². The number of nitrogens with zero attached hydrogens (tertiary/aromatic N) is 1. The first-order chi connectivity index (χ1) is 13.0. The van der Waals surface area contributed by atoms with Crippen molar-refractivity contribution in [1.82, 2.24) is 4.98 Å². The van der Waals surface area contributed by atoms with Gasteiger partial charge in [-0.1, -0.05) is 44.2 Å². The second-order valence-electron chi connectivity index (χ2n) is 6.61. The Kier molecular flexibility index (Phi) is 5.81. The second kappa shape index (κ2) is 8.45. The van der Waals surface area contributed by atoms with Gasteiger partial charge in [0.2, 0.25) is 0 Å². The molecule has 1 amide bonds. The zero-order chi connectivity index (χ0) is 19.2. The minimum Gasteiger partial charge on any atom is -0.366 e. The molecule has 0 saturated heterocycles. The molecule has 0 unspecified atom stereocenters. The predicted molar refractivity (Wildman–Crippen MR) is 106 cm³/mol. The van der Waals surface area contributed by atoms with E-state index < -0.39 is 0 Å². The summed E-state index contributed by atoms with van der Waals surface area (Å²) in [4.78, 5) is 16.7. The summed E-state index contributed by atoms with van der Waals surface area (Å²) in [5.41, 5.74) is 2.98. The molecule has 1 heterocycles. The monoisotopic (exact) mass is 363 g/mol. The number of benzene rings is 2. The molecule has 5 heteroatoms. The van der Waals surface area contributed by atoms with Crippen LogP contribution in [0.5, 0.6) is 0 Å². The number of hydrogen-bond acceptors (Lipinski definition) is 3. The van der Waals surface area contributed by atoms with Crippen LogP contribution < -0.4 is 10.6 Å². The van der Waals surface area contributed by atoms with Crippen LogP contribution >= 0.6 is 0 Å². The largest absolute Gasteiger partial charge is 0.366 e. The number of hydrogen-bond donors (Lipinski definition) is 2. The maximum Gasteiger partial charge on any atom is 0.255 e. The number of halogens is 1. The van der Waals surface area contributed by atoms with Crippen molar-refractivity contribution in [1.29, 1.82) is 0 Å². The Morgan fingerprint density at radius 3 is 2.52 bits per heavy atom. The molecule has 0 fully saturated rings. The van der Waals surface area contributed by atoms with Gasteiger partial charge in [-0.25, -0.2) is 9.37 Å². The van der Waals surface area contributed by atoms with Gasteiger partial charge in [-0.15, -0.1) is 0 Å². The van der Waals surface area contributed by atoms with Crippen LogP contribution in [0.3, 0.4) is 0 Å². The van der Waals surface area contributed by atoms with E-state index in [1.807, 2.05) is 24.3 Å². The number of carbonyl (C=O) groups excluding carboxylic acids is 1. The summed E-state index contributed by atoms with van der Waals surface area (Å²) in [6, 6.07) is 17.7. The standard InChI is InChI=1S/C22H22FN3O/c1-15(2)16-7-9-19(10-8-16)26-22(27)17-11-12-24-21(13-17)25-14-18-5-3-4-6-20(18)23/h3-13,15H,14H2,1-2H3,(H,24,25)(H,26,27). The Balaban J connectivity index is 1.65. The highest BCUT2D eigenvalue weighted by Gasteiger charge is 2.09. The topological polar surface area (TPSA) is 54.0 Å². The molecule has 0 aliphatic rings. The summed E-state index contributed by atoms with van der Waals surface area (Å²) in [7, 11) is 0. The van der Waals surface area contributed by atoms with Crippen LogP contribution in [0.1, 0.15) is 41.3 Å². The van der Waals surface area contributed by atoms with Crippen molar-refractivity contribution in [3.05, 3.63) is 89.4 Å². The zero-order valence-electron chi connectivity index (χ0n) is 15.4. The van der Waals surface area contributed by atoms with Gasteiger partial charge >= 0.3 is 0 Å². The summed E-state index contributed by atoms with van der Waals surface area (Å²) in [5.74, 6) is 0.464. The fourth-order valence-corrected chi connectivity index (χ4v) is 2.65. The van der Waals surface area contributed by atoms with Gasteiger partial charge in [0, 0.05) is 29.6 Å². The van der Waals surface area contributed by atoms with Crippen molar-refractivity contribution < 1.29 is 9.18 Å². The minimum atomic E-state index is -0.274. The summed E-state index contributed by atoms with van der Waals surface area (Å²) in [6.45, 7) is 4.54. The van der Waals surface area contributed by atoms with Crippen molar-refractivity contribution in [2.24, 2.45) is 0 Å². The number of anilines is 2. The number of aromatic nitrogens is 1. The molecule has 3 rings (SSSR count). The van der Waals surface area contributed by atoms with Crippen LogP contribution in [-0.2, 0) is 6.54 Å². The molecule has 0 spiro atoms. The van der Waals surface area contributed by atoms with E-state index in [0.717, 1.165) is 5.69 Å². The molecule has 0 aliphatic carbocycles. The number of amides is 1. The van der Waals surface area contributed by atoms with E-state index in [1.165, 1.54) is 11.6 Å². The van der Waals surface area contributed by atoms with Crippen LogP contribution in [0.4, 0.5) is 15.9 Å². The molecular weight excluding hydrogens is 341 g/mol. The molecule has 0 atom stereocenters.